The van der Waals surface area contributed by atoms with Gasteiger partial charge in [0.15, 0.2) is 0 Å². The van der Waals surface area contributed by atoms with E-state index in [-0.39, 0.29) is 0 Å². The summed E-state index contributed by atoms with van der Waals surface area (Å²) in [6.45, 7) is 4.82. The van der Waals surface area contributed by atoms with E-state index in [0.717, 1.165) is 44.6 Å². The van der Waals surface area contributed by atoms with Crippen LogP contribution in [0.5, 0.6) is 0 Å². The van der Waals surface area contributed by atoms with Crippen LogP contribution in [0, 0.1) is 6.92 Å². The standard InChI is InChI=1S/C21H26N2O/c1-17-4-6-19(7-5-17)16-22-20-11-8-18(9-12-20)10-13-21(24)23-14-2-3-15-23/h4-9,11-12,22H,2-3,10,13-16H2,1H3. The molecule has 0 bridgehead atoms. The minimum Gasteiger partial charge on any atom is -0.381 e. The molecule has 1 saturated heterocycles. The minimum atomic E-state index is 0.300. The normalized spacial score (nSPS) is 14.0. The van der Waals surface area contributed by atoms with Gasteiger partial charge in [-0.25, -0.2) is 0 Å². The van der Waals surface area contributed by atoms with Gasteiger partial charge in [-0.3, -0.25) is 4.79 Å². The van der Waals surface area contributed by atoms with Gasteiger partial charge in [-0.05, 0) is 49.4 Å². The average molecular weight is 322 g/mol. The maximum atomic E-state index is 12.1. The molecule has 0 unspecified atom stereocenters. The first-order chi connectivity index (χ1) is 11.7. The van der Waals surface area contributed by atoms with Gasteiger partial charge >= 0.3 is 0 Å². The van der Waals surface area contributed by atoms with Gasteiger partial charge in [-0.2, -0.15) is 0 Å². The lowest BCUT2D eigenvalue weighted by atomic mass is 10.1. The Morgan fingerprint density at radius 2 is 1.58 bits per heavy atom. The molecule has 1 amide bonds. The highest BCUT2D eigenvalue weighted by Crippen LogP contribution is 2.15. The largest absolute Gasteiger partial charge is 0.381 e. The lowest BCUT2D eigenvalue weighted by molar-refractivity contribution is -0.130. The van der Waals surface area contributed by atoms with E-state index in [1.807, 2.05) is 4.90 Å². The predicted molar refractivity (Wildman–Crippen MR) is 99.1 cm³/mol. The highest BCUT2D eigenvalue weighted by atomic mass is 16.2. The molecule has 0 saturated carbocycles. The molecular weight excluding hydrogens is 296 g/mol. The SMILES string of the molecule is Cc1ccc(CNc2ccc(CCC(=O)N3CCCC3)cc2)cc1. The highest BCUT2D eigenvalue weighted by molar-refractivity contribution is 5.76. The van der Waals surface area contributed by atoms with Crippen molar-refractivity contribution in [3.05, 3.63) is 65.2 Å². The Bertz CT molecular complexity index is 655. The van der Waals surface area contributed by atoms with Crippen LogP contribution in [0.4, 0.5) is 5.69 Å². The third-order valence-electron chi connectivity index (χ3n) is 4.66. The van der Waals surface area contributed by atoms with E-state index in [2.05, 4.69) is 60.8 Å². The van der Waals surface area contributed by atoms with Gasteiger partial charge in [-0.1, -0.05) is 42.0 Å². The fourth-order valence-electron chi connectivity index (χ4n) is 3.08. The number of benzene rings is 2. The van der Waals surface area contributed by atoms with Crippen LogP contribution in [-0.2, 0) is 17.8 Å². The van der Waals surface area contributed by atoms with Crippen molar-refractivity contribution in [2.24, 2.45) is 0 Å². The first-order valence-corrected chi connectivity index (χ1v) is 8.87. The number of nitrogens with zero attached hydrogens (tertiary/aromatic N) is 1. The molecule has 3 heteroatoms. The van der Waals surface area contributed by atoms with E-state index in [9.17, 15) is 4.79 Å². The lowest BCUT2D eigenvalue weighted by Gasteiger charge is -2.15. The quantitative estimate of drug-likeness (QED) is 0.866. The third kappa shape index (κ3) is 4.60. The first kappa shape index (κ1) is 16.6. The number of hydrogen-bond acceptors (Lipinski definition) is 2. The average Bonchev–Trinajstić information content (AvgIpc) is 3.15. The van der Waals surface area contributed by atoms with Gasteiger partial charge in [-0.15, -0.1) is 0 Å². The smallest absolute Gasteiger partial charge is 0.222 e. The molecule has 1 fully saturated rings. The fourth-order valence-corrected chi connectivity index (χ4v) is 3.08. The summed E-state index contributed by atoms with van der Waals surface area (Å²) in [4.78, 5) is 14.1. The number of carbonyl (C=O) groups is 1. The number of hydrogen-bond donors (Lipinski definition) is 1. The van der Waals surface area contributed by atoms with E-state index >= 15 is 0 Å². The second-order valence-electron chi connectivity index (χ2n) is 6.62. The summed E-state index contributed by atoms with van der Waals surface area (Å²) in [7, 11) is 0. The van der Waals surface area contributed by atoms with Crippen molar-refractivity contribution in [3.8, 4) is 0 Å². The topological polar surface area (TPSA) is 32.3 Å². The van der Waals surface area contributed by atoms with Crippen molar-refractivity contribution in [2.45, 2.75) is 39.2 Å². The molecule has 1 aliphatic rings. The second kappa shape index (κ2) is 8.00. The van der Waals surface area contributed by atoms with Crippen LogP contribution in [0.2, 0.25) is 0 Å². The number of carbonyl (C=O) groups excluding carboxylic acids is 1. The van der Waals surface area contributed by atoms with Gasteiger partial charge < -0.3 is 10.2 Å². The zero-order chi connectivity index (χ0) is 16.8. The molecule has 3 nitrogen and oxygen atoms in total. The van der Waals surface area contributed by atoms with Crippen LogP contribution < -0.4 is 5.32 Å². The molecule has 1 N–H and O–H groups in total. The van der Waals surface area contributed by atoms with Crippen LogP contribution >= 0.6 is 0 Å². The van der Waals surface area contributed by atoms with Crippen molar-refractivity contribution < 1.29 is 4.79 Å². The molecule has 126 valence electrons. The molecular formula is C21H26N2O. The summed E-state index contributed by atoms with van der Waals surface area (Å²) in [6.07, 6.45) is 3.77. The molecule has 2 aromatic rings. The molecule has 0 radical (unpaired) electrons. The predicted octanol–water partition coefficient (Wildman–Crippen LogP) is 4.16. The monoisotopic (exact) mass is 322 g/mol. The Hall–Kier alpha value is -2.29. The van der Waals surface area contributed by atoms with Crippen molar-refractivity contribution in [1.82, 2.24) is 4.90 Å². The molecule has 1 aliphatic heterocycles. The first-order valence-electron chi connectivity index (χ1n) is 8.87. The zero-order valence-corrected chi connectivity index (χ0v) is 14.4. The van der Waals surface area contributed by atoms with Crippen molar-refractivity contribution in [1.29, 1.82) is 0 Å². The van der Waals surface area contributed by atoms with Crippen molar-refractivity contribution in [2.75, 3.05) is 18.4 Å². The number of amides is 1. The Morgan fingerprint density at radius 1 is 0.958 bits per heavy atom. The molecule has 2 aromatic carbocycles. The molecule has 24 heavy (non-hydrogen) atoms. The van der Waals surface area contributed by atoms with Gasteiger partial charge in [0.1, 0.15) is 0 Å². The lowest BCUT2D eigenvalue weighted by Crippen LogP contribution is -2.27. The van der Waals surface area contributed by atoms with Gasteiger partial charge in [0.2, 0.25) is 5.91 Å². The summed E-state index contributed by atoms with van der Waals surface area (Å²) >= 11 is 0. The maximum absolute atomic E-state index is 12.1. The second-order valence-corrected chi connectivity index (χ2v) is 6.62. The number of aryl methyl sites for hydroxylation is 2. The number of nitrogens with one attached hydrogen (secondary N) is 1. The van der Waals surface area contributed by atoms with E-state index in [0.29, 0.717) is 12.3 Å². The van der Waals surface area contributed by atoms with Crippen LogP contribution in [0.3, 0.4) is 0 Å². The van der Waals surface area contributed by atoms with E-state index in [1.54, 1.807) is 0 Å². The molecule has 0 aromatic heterocycles. The van der Waals surface area contributed by atoms with E-state index in [1.165, 1.54) is 16.7 Å². The molecule has 0 spiro atoms. The van der Waals surface area contributed by atoms with Gasteiger partial charge in [0.25, 0.3) is 0 Å². The Morgan fingerprint density at radius 3 is 2.25 bits per heavy atom. The van der Waals surface area contributed by atoms with E-state index < -0.39 is 0 Å². The molecule has 0 aliphatic carbocycles. The molecule has 3 rings (SSSR count). The number of anilines is 1. The highest BCUT2D eigenvalue weighted by Gasteiger charge is 2.17. The third-order valence-corrected chi connectivity index (χ3v) is 4.66. The van der Waals surface area contributed by atoms with Crippen molar-refractivity contribution >= 4 is 11.6 Å². The summed E-state index contributed by atoms with van der Waals surface area (Å²) in [5.74, 6) is 0.300. The van der Waals surface area contributed by atoms with Gasteiger partial charge in [0, 0.05) is 31.7 Å². The minimum absolute atomic E-state index is 0.300. The maximum Gasteiger partial charge on any atom is 0.222 e. The molecule has 1 heterocycles. The fraction of sp³-hybridized carbons (Fsp3) is 0.381. The summed E-state index contributed by atoms with van der Waals surface area (Å²) in [6, 6.07) is 17.0. The Balaban J connectivity index is 1.46. The van der Waals surface area contributed by atoms with Crippen LogP contribution in [0.1, 0.15) is 36.0 Å². The number of rotatable bonds is 6. The Kier molecular flexibility index (Phi) is 5.52. The zero-order valence-electron chi connectivity index (χ0n) is 14.4. The summed E-state index contributed by atoms with van der Waals surface area (Å²) < 4.78 is 0. The van der Waals surface area contributed by atoms with Crippen molar-refractivity contribution in [3.63, 3.8) is 0 Å². The van der Waals surface area contributed by atoms with Crippen LogP contribution in [0.25, 0.3) is 0 Å². The summed E-state index contributed by atoms with van der Waals surface area (Å²) in [5.41, 5.74) is 4.90. The van der Waals surface area contributed by atoms with E-state index in [4.69, 9.17) is 0 Å². The van der Waals surface area contributed by atoms with Crippen LogP contribution in [0.15, 0.2) is 48.5 Å². The molecule has 0 atom stereocenters. The van der Waals surface area contributed by atoms with Gasteiger partial charge in [0.05, 0.1) is 0 Å². The Labute approximate surface area is 144 Å². The number of likely N-dealkylation sites (tertiary alicyclic amines) is 1. The summed E-state index contributed by atoms with van der Waals surface area (Å²) in [5, 5.41) is 3.44. The van der Waals surface area contributed by atoms with Crippen LogP contribution in [-0.4, -0.2) is 23.9 Å².